The number of esters is 1. The number of cyclic esters (lactones) is 1. The molecule has 1 saturated heterocycles. The minimum Gasteiger partial charge on any atom is -0.457 e. The van der Waals surface area contributed by atoms with Gasteiger partial charge in [-0.1, -0.05) is 89.6 Å². The highest BCUT2D eigenvalue weighted by molar-refractivity contribution is 6.31. The van der Waals surface area contributed by atoms with Crippen molar-refractivity contribution >= 4 is 29.6 Å². The molecule has 216 valence electrons. The first-order chi connectivity index (χ1) is 20.2. The molecule has 0 saturated carbocycles. The summed E-state index contributed by atoms with van der Waals surface area (Å²) in [4.78, 5) is 40.2. The number of hydrogen-bond donors (Lipinski definition) is 0. The van der Waals surface area contributed by atoms with Gasteiger partial charge in [0.15, 0.2) is 5.76 Å². The van der Waals surface area contributed by atoms with Crippen LogP contribution in [0.15, 0.2) is 83.4 Å². The zero-order valence-corrected chi connectivity index (χ0v) is 24.5. The number of benzene rings is 3. The molecular formula is C33H31ClN2O6. The molecule has 0 spiro atoms. The molecule has 8 nitrogen and oxygen atoms in total. The van der Waals surface area contributed by atoms with E-state index in [0.717, 1.165) is 16.7 Å². The standard InChI is InChI=1S/C33H31ClN2O6/c1-19(32(38)36-21(3)30(41-33(36)39)24-10-6-5-7-11-24)23-14-16-25(17-15-23)31-27(20(2)35-42-31)18-29(37)40-22(4)26-12-8-9-13-28(26)34/h5-17,19,21-22,30H,18H2,1-4H3/t19?,21-,22-,30-/m1/s1. The van der Waals surface area contributed by atoms with Gasteiger partial charge in [-0.15, -0.1) is 0 Å². The van der Waals surface area contributed by atoms with Crippen LogP contribution >= 0.6 is 11.6 Å². The van der Waals surface area contributed by atoms with Crippen molar-refractivity contribution in [3.63, 3.8) is 0 Å². The van der Waals surface area contributed by atoms with Gasteiger partial charge >= 0.3 is 12.1 Å². The van der Waals surface area contributed by atoms with E-state index in [1.165, 1.54) is 4.90 Å². The summed E-state index contributed by atoms with van der Waals surface area (Å²) >= 11 is 6.25. The Kier molecular flexibility index (Phi) is 8.45. The summed E-state index contributed by atoms with van der Waals surface area (Å²) in [5.41, 5.74) is 4.17. The monoisotopic (exact) mass is 586 g/mol. The third-order valence-corrected chi connectivity index (χ3v) is 7.98. The van der Waals surface area contributed by atoms with Gasteiger partial charge in [0.1, 0.15) is 12.2 Å². The highest BCUT2D eigenvalue weighted by atomic mass is 35.5. The Morgan fingerprint density at radius 1 is 1.00 bits per heavy atom. The van der Waals surface area contributed by atoms with Crippen LogP contribution in [-0.4, -0.2) is 34.1 Å². The van der Waals surface area contributed by atoms with Crippen LogP contribution in [0.25, 0.3) is 11.3 Å². The van der Waals surface area contributed by atoms with E-state index >= 15 is 0 Å². The van der Waals surface area contributed by atoms with E-state index in [9.17, 15) is 14.4 Å². The Labute approximate surface area is 249 Å². The summed E-state index contributed by atoms with van der Waals surface area (Å²) in [6, 6.07) is 23.4. The second-order valence-corrected chi connectivity index (χ2v) is 10.8. The summed E-state index contributed by atoms with van der Waals surface area (Å²) in [5.74, 6) is -0.930. The molecule has 2 amide bonds. The van der Waals surface area contributed by atoms with Gasteiger partial charge in [0.05, 0.1) is 24.1 Å². The van der Waals surface area contributed by atoms with Gasteiger partial charge in [0, 0.05) is 21.7 Å². The van der Waals surface area contributed by atoms with E-state index in [1.807, 2.05) is 55.5 Å². The lowest BCUT2D eigenvalue weighted by molar-refractivity contribution is -0.147. The molecule has 42 heavy (non-hydrogen) atoms. The lowest BCUT2D eigenvalue weighted by Gasteiger charge is -2.22. The number of aromatic nitrogens is 1. The van der Waals surface area contributed by atoms with E-state index < -0.39 is 36.2 Å². The number of imide groups is 1. The first kappa shape index (κ1) is 29.1. The highest BCUT2D eigenvalue weighted by Gasteiger charge is 2.44. The van der Waals surface area contributed by atoms with Gasteiger partial charge < -0.3 is 14.0 Å². The van der Waals surface area contributed by atoms with E-state index in [1.54, 1.807) is 51.1 Å². The van der Waals surface area contributed by atoms with Crippen molar-refractivity contribution in [2.75, 3.05) is 0 Å². The molecule has 1 fully saturated rings. The van der Waals surface area contributed by atoms with Crippen molar-refractivity contribution in [1.29, 1.82) is 0 Å². The summed E-state index contributed by atoms with van der Waals surface area (Å²) in [5, 5.41) is 4.60. The number of carbonyl (C=O) groups is 3. The minimum absolute atomic E-state index is 0.0341. The summed E-state index contributed by atoms with van der Waals surface area (Å²) in [7, 11) is 0. The van der Waals surface area contributed by atoms with E-state index in [2.05, 4.69) is 5.16 Å². The molecule has 1 aromatic heterocycles. The van der Waals surface area contributed by atoms with Gasteiger partial charge in [0.2, 0.25) is 5.91 Å². The third kappa shape index (κ3) is 5.81. The van der Waals surface area contributed by atoms with E-state index in [0.29, 0.717) is 27.6 Å². The van der Waals surface area contributed by atoms with Crippen molar-refractivity contribution in [2.24, 2.45) is 0 Å². The Morgan fingerprint density at radius 3 is 2.36 bits per heavy atom. The number of carbonyl (C=O) groups excluding carboxylic acids is 3. The number of hydrogen-bond acceptors (Lipinski definition) is 7. The number of amides is 2. The number of aryl methyl sites for hydroxylation is 1. The molecule has 0 bridgehead atoms. The fourth-order valence-electron chi connectivity index (χ4n) is 5.20. The molecule has 1 unspecified atom stereocenters. The lowest BCUT2D eigenvalue weighted by Crippen LogP contribution is -2.40. The Bertz CT molecular complexity index is 1600. The largest absolute Gasteiger partial charge is 0.457 e. The quantitative estimate of drug-likeness (QED) is 0.199. The molecule has 1 aliphatic rings. The zero-order chi connectivity index (χ0) is 30.0. The first-order valence-electron chi connectivity index (χ1n) is 13.7. The van der Waals surface area contributed by atoms with Crippen LogP contribution in [0.4, 0.5) is 4.79 Å². The zero-order valence-electron chi connectivity index (χ0n) is 23.7. The topological polar surface area (TPSA) is 98.9 Å². The fourth-order valence-corrected chi connectivity index (χ4v) is 5.48. The maximum Gasteiger partial charge on any atom is 0.417 e. The molecule has 5 rings (SSSR count). The number of ether oxygens (including phenoxy) is 2. The van der Waals surface area contributed by atoms with Crippen LogP contribution < -0.4 is 0 Å². The maximum atomic E-state index is 13.4. The molecule has 9 heteroatoms. The van der Waals surface area contributed by atoms with Crippen LogP contribution in [-0.2, 0) is 25.5 Å². The van der Waals surface area contributed by atoms with E-state index in [-0.39, 0.29) is 12.3 Å². The Balaban J connectivity index is 1.28. The minimum atomic E-state index is -0.651. The molecule has 1 aliphatic heterocycles. The van der Waals surface area contributed by atoms with Gasteiger partial charge in [-0.25, -0.2) is 9.69 Å². The van der Waals surface area contributed by atoms with Crippen LogP contribution in [0.5, 0.6) is 0 Å². The summed E-state index contributed by atoms with van der Waals surface area (Å²) < 4.78 is 16.8. The van der Waals surface area contributed by atoms with Gasteiger partial charge in [0.25, 0.3) is 0 Å². The maximum absolute atomic E-state index is 13.4. The van der Waals surface area contributed by atoms with Crippen LogP contribution in [0.2, 0.25) is 5.02 Å². The number of nitrogens with zero attached hydrogens (tertiary/aromatic N) is 2. The molecule has 4 aromatic rings. The second kappa shape index (κ2) is 12.2. The molecular weight excluding hydrogens is 556 g/mol. The summed E-state index contributed by atoms with van der Waals surface area (Å²) in [6.07, 6.45) is -1.73. The smallest absolute Gasteiger partial charge is 0.417 e. The second-order valence-electron chi connectivity index (χ2n) is 10.4. The normalized spacial score (nSPS) is 17.9. The van der Waals surface area contributed by atoms with Crippen molar-refractivity contribution in [3.05, 3.63) is 112 Å². The van der Waals surface area contributed by atoms with Crippen molar-refractivity contribution in [1.82, 2.24) is 10.1 Å². The molecule has 0 radical (unpaired) electrons. The molecule has 3 aromatic carbocycles. The lowest BCUT2D eigenvalue weighted by atomic mass is 9.95. The van der Waals surface area contributed by atoms with Gasteiger partial charge in [-0.05, 0) is 44.9 Å². The Hall–Kier alpha value is -4.43. The molecule has 2 heterocycles. The average Bonchev–Trinajstić information content (AvgIpc) is 3.50. The third-order valence-electron chi connectivity index (χ3n) is 7.64. The van der Waals surface area contributed by atoms with Crippen molar-refractivity contribution in [3.8, 4) is 11.3 Å². The van der Waals surface area contributed by atoms with Gasteiger partial charge in [-0.3, -0.25) is 9.59 Å². The molecule has 4 atom stereocenters. The van der Waals surface area contributed by atoms with E-state index in [4.69, 9.17) is 25.6 Å². The molecule has 0 aliphatic carbocycles. The highest BCUT2D eigenvalue weighted by Crippen LogP contribution is 2.35. The van der Waals surface area contributed by atoms with Crippen molar-refractivity contribution in [2.45, 2.75) is 58.3 Å². The van der Waals surface area contributed by atoms with Gasteiger partial charge in [-0.2, -0.15) is 0 Å². The Morgan fingerprint density at radius 2 is 1.67 bits per heavy atom. The number of halogens is 1. The fraction of sp³-hybridized carbons (Fsp3) is 0.273. The average molecular weight is 587 g/mol. The number of rotatable bonds is 8. The van der Waals surface area contributed by atoms with Crippen LogP contribution in [0.1, 0.15) is 66.8 Å². The van der Waals surface area contributed by atoms with Crippen molar-refractivity contribution < 1.29 is 28.4 Å². The summed E-state index contributed by atoms with van der Waals surface area (Å²) in [6.45, 7) is 7.10. The van der Waals surface area contributed by atoms with Crippen LogP contribution in [0.3, 0.4) is 0 Å². The SMILES string of the molecule is Cc1noc(-c2ccc(C(C)C(=O)N3C(=O)O[C@@H](c4ccccc4)[C@H]3C)cc2)c1CC(=O)O[C@H](C)c1ccccc1Cl. The first-order valence-corrected chi connectivity index (χ1v) is 14.1. The predicted molar refractivity (Wildman–Crippen MR) is 157 cm³/mol. The molecule has 0 N–H and O–H groups in total. The van der Waals surface area contributed by atoms with Crippen LogP contribution in [0, 0.1) is 6.92 Å². The predicted octanol–water partition coefficient (Wildman–Crippen LogP) is 7.36.